The molecule has 1 unspecified atom stereocenters. The summed E-state index contributed by atoms with van der Waals surface area (Å²) in [7, 11) is 0. The van der Waals surface area contributed by atoms with Crippen molar-refractivity contribution in [1.29, 1.82) is 0 Å². The maximum atomic E-state index is 13.7. The standard InChI is InChI=1S/C13H15FO2S/c1-9(15)11-5-2-6-12(14)13(11)17-8-10-4-3-7-16-10/h2,5-6,10H,3-4,7-8H2,1H3. The van der Waals surface area contributed by atoms with Crippen molar-refractivity contribution in [3.8, 4) is 0 Å². The molecule has 92 valence electrons. The molecular formula is C13H15FO2S. The second kappa shape index (κ2) is 5.65. The fourth-order valence-corrected chi connectivity index (χ4v) is 3.07. The van der Waals surface area contributed by atoms with Crippen LogP contribution in [0.15, 0.2) is 23.1 Å². The van der Waals surface area contributed by atoms with Gasteiger partial charge in [-0.2, -0.15) is 0 Å². The van der Waals surface area contributed by atoms with Gasteiger partial charge < -0.3 is 4.74 Å². The lowest BCUT2D eigenvalue weighted by atomic mass is 10.1. The molecule has 0 bridgehead atoms. The second-order valence-corrected chi connectivity index (χ2v) is 5.15. The Bertz CT molecular complexity index is 414. The van der Waals surface area contributed by atoms with Gasteiger partial charge in [0.25, 0.3) is 0 Å². The van der Waals surface area contributed by atoms with Gasteiger partial charge in [-0.1, -0.05) is 12.1 Å². The van der Waals surface area contributed by atoms with Crippen LogP contribution in [0.25, 0.3) is 0 Å². The first-order chi connectivity index (χ1) is 8.18. The molecule has 1 heterocycles. The van der Waals surface area contributed by atoms with Gasteiger partial charge in [-0.15, -0.1) is 11.8 Å². The molecule has 0 aliphatic carbocycles. The van der Waals surface area contributed by atoms with Crippen molar-refractivity contribution in [3.05, 3.63) is 29.6 Å². The minimum absolute atomic E-state index is 0.0978. The number of Topliss-reactive ketones (excluding diaryl/α,β-unsaturated/α-hetero) is 1. The van der Waals surface area contributed by atoms with Gasteiger partial charge in [0.05, 0.1) is 11.0 Å². The van der Waals surface area contributed by atoms with E-state index in [9.17, 15) is 9.18 Å². The summed E-state index contributed by atoms with van der Waals surface area (Å²) in [4.78, 5) is 11.9. The molecule has 1 aromatic rings. The predicted octanol–water partition coefficient (Wildman–Crippen LogP) is 3.30. The van der Waals surface area contributed by atoms with E-state index in [2.05, 4.69) is 0 Å². The average Bonchev–Trinajstić information content (AvgIpc) is 2.80. The summed E-state index contributed by atoms with van der Waals surface area (Å²) in [5.41, 5.74) is 0.466. The van der Waals surface area contributed by atoms with Crippen LogP contribution in [-0.4, -0.2) is 24.2 Å². The minimum Gasteiger partial charge on any atom is -0.377 e. The van der Waals surface area contributed by atoms with Crippen molar-refractivity contribution < 1.29 is 13.9 Å². The van der Waals surface area contributed by atoms with Crippen molar-refractivity contribution in [1.82, 2.24) is 0 Å². The van der Waals surface area contributed by atoms with Crippen LogP contribution < -0.4 is 0 Å². The lowest BCUT2D eigenvalue weighted by Gasteiger charge is -2.11. The molecule has 0 saturated carbocycles. The van der Waals surface area contributed by atoms with Crippen molar-refractivity contribution >= 4 is 17.5 Å². The number of thioether (sulfide) groups is 1. The largest absolute Gasteiger partial charge is 0.377 e. The van der Waals surface area contributed by atoms with Crippen LogP contribution in [-0.2, 0) is 4.74 Å². The molecule has 1 atom stereocenters. The Morgan fingerprint density at radius 1 is 1.59 bits per heavy atom. The van der Waals surface area contributed by atoms with Gasteiger partial charge >= 0.3 is 0 Å². The van der Waals surface area contributed by atoms with Gasteiger partial charge in [-0.3, -0.25) is 4.79 Å². The van der Waals surface area contributed by atoms with Crippen molar-refractivity contribution in [2.45, 2.75) is 30.8 Å². The molecule has 1 saturated heterocycles. The number of hydrogen-bond donors (Lipinski definition) is 0. The van der Waals surface area contributed by atoms with Crippen LogP contribution in [0.1, 0.15) is 30.1 Å². The molecule has 4 heteroatoms. The summed E-state index contributed by atoms with van der Waals surface area (Å²) in [5, 5.41) is 0. The van der Waals surface area contributed by atoms with Crippen LogP contribution in [0, 0.1) is 5.82 Å². The molecule has 0 amide bonds. The Hall–Kier alpha value is -0.870. The van der Waals surface area contributed by atoms with E-state index in [1.807, 2.05) is 0 Å². The van der Waals surface area contributed by atoms with Gasteiger partial charge in [0, 0.05) is 17.9 Å². The summed E-state index contributed by atoms with van der Waals surface area (Å²) in [6.45, 7) is 2.26. The highest BCUT2D eigenvalue weighted by atomic mass is 32.2. The number of ketones is 1. The number of halogens is 1. The second-order valence-electron chi connectivity index (χ2n) is 4.12. The van der Waals surface area contributed by atoms with E-state index in [4.69, 9.17) is 4.74 Å². The van der Waals surface area contributed by atoms with Crippen molar-refractivity contribution in [2.24, 2.45) is 0 Å². The van der Waals surface area contributed by atoms with Crippen molar-refractivity contribution in [3.63, 3.8) is 0 Å². The molecule has 2 nitrogen and oxygen atoms in total. The third kappa shape index (κ3) is 3.07. The molecule has 1 aromatic carbocycles. The lowest BCUT2D eigenvalue weighted by molar-refractivity contribution is 0.101. The molecular weight excluding hydrogens is 239 g/mol. The van der Waals surface area contributed by atoms with Gasteiger partial charge in [0.1, 0.15) is 5.82 Å². The molecule has 1 aliphatic rings. The Labute approximate surface area is 105 Å². The molecule has 0 radical (unpaired) electrons. The van der Waals surface area contributed by atoms with Crippen LogP contribution in [0.4, 0.5) is 4.39 Å². The first kappa shape index (κ1) is 12.6. The Morgan fingerprint density at radius 2 is 2.41 bits per heavy atom. The summed E-state index contributed by atoms with van der Waals surface area (Å²) in [5.74, 6) is 0.293. The number of rotatable bonds is 4. The third-order valence-corrected chi connectivity index (χ3v) is 4.03. The van der Waals surface area contributed by atoms with Crippen LogP contribution in [0.2, 0.25) is 0 Å². The maximum absolute atomic E-state index is 13.7. The van der Waals surface area contributed by atoms with E-state index in [0.29, 0.717) is 16.2 Å². The van der Waals surface area contributed by atoms with Gasteiger partial charge in [0.15, 0.2) is 5.78 Å². The highest BCUT2D eigenvalue weighted by Gasteiger charge is 2.18. The molecule has 2 rings (SSSR count). The van der Waals surface area contributed by atoms with E-state index in [0.717, 1.165) is 19.4 Å². The Morgan fingerprint density at radius 3 is 3.06 bits per heavy atom. The van der Waals surface area contributed by atoms with E-state index >= 15 is 0 Å². The lowest BCUT2D eigenvalue weighted by Crippen LogP contribution is -2.09. The van der Waals surface area contributed by atoms with Crippen molar-refractivity contribution in [2.75, 3.05) is 12.4 Å². The molecule has 0 aromatic heterocycles. The monoisotopic (exact) mass is 254 g/mol. The molecule has 0 N–H and O–H groups in total. The summed E-state index contributed by atoms with van der Waals surface area (Å²) >= 11 is 1.38. The summed E-state index contributed by atoms with van der Waals surface area (Å²) in [6, 6.07) is 4.63. The van der Waals surface area contributed by atoms with E-state index in [1.165, 1.54) is 24.8 Å². The first-order valence-electron chi connectivity index (χ1n) is 5.72. The number of hydrogen-bond acceptors (Lipinski definition) is 3. The predicted molar refractivity (Wildman–Crippen MR) is 66.1 cm³/mol. The van der Waals surface area contributed by atoms with Crippen LogP contribution in [0.3, 0.4) is 0 Å². The van der Waals surface area contributed by atoms with Gasteiger partial charge in [-0.25, -0.2) is 4.39 Å². The first-order valence-corrected chi connectivity index (χ1v) is 6.71. The number of ether oxygens (including phenoxy) is 1. The van der Waals surface area contributed by atoms with Gasteiger partial charge in [0.2, 0.25) is 0 Å². The van der Waals surface area contributed by atoms with Gasteiger partial charge in [-0.05, 0) is 25.8 Å². The fourth-order valence-electron chi connectivity index (χ4n) is 1.88. The third-order valence-electron chi connectivity index (χ3n) is 2.78. The normalized spacial score (nSPS) is 19.5. The number of carbonyl (C=O) groups is 1. The zero-order chi connectivity index (χ0) is 12.3. The molecule has 1 fully saturated rings. The summed E-state index contributed by atoms with van der Waals surface area (Å²) < 4.78 is 19.2. The highest BCUT2D eigenvalue weighted by molar-refractivity contribution is 7.99. The van der Waals surface area contributed by atoms with E-state index in [1.54, 1.807) is 12.1 Å². The van der Waals surface area contributed by atoms with E-state index in [-0.39, 0.29) is 17.7 Å². The van der Waals surface area contributed by atoms with Crippen LogP contribution in [0.5, 0.6) is 0 Å². The molecule has 1 aliphatic heterocycles. The zero-order valence-corrected chi connectivity index (χ0v) is 10.6. The van der Waals surface area contributed by atoms with Crippen LogP contribution >= 0.6 is 11.8 Å². The highest BCUT2D eigenvalue weighted by Crippen LogP contribution is 2.29. The Balaban J connectivity index is 2.10. The molecule has 17 heavy (non-hydrogen) atoms. The Kier molecular flexibility index (Phi) is 4.18. The smallest absolute Gasteiger partial charge is 0.161 e. The van der Waals surface area contributed by atoms with E-state index < -0.39 is 0 Å². The fraction of sp³-hybridized carbons (Fsp3) is 0.462. The topological polar surface area (TPSA) is 26.3 Å². The minimum atomic E-state index is -0.319. The number of carbonyl (C=O) groups excluding carboxylic acids is 1. The SMILES string of the molecule is CC(=O)c1cccc(F)c1SCC1CCCO1. The summed E-state index contributed by atoms with van der Waals surface area (Å²) in [6.07, 6.45) is 2.29. The maximum Gasteiger partial charge on any atom is 0.161 e. The number of benzene rings is 1. The average molecular weight is 254 g/mol. The zero-order valence-electron chi connectivity index (χ0n) is 9.74. The quantitative estimate of drug-likeness (QED) is 0.609. The molecule has 0 spiro atoms.